The number of hydrogen-bond donors (Lipinski definition) is 2. The SMILES string of the molecule is O=C(Cc1csc(-c2ccsc2)n1)NCc1ccc(S(=O)(=O)NC2CC2)cc1. The van der Waals surface area contributed by atoms with Crippen molar-refractivity contribution in [2.45, 2.75) is 36.7 Å². The van der Waals surface area contributed by atoms with Crippen LogP contribution < -0.4 is 10.0 Å². The number of carbonyl (C=O) groups excluding carboxylic acids is 1. The molecule has 0 saturated heterocycles. The van der Waals surface area contributed by atoms with Crippen molar-refractivity contribution in [3.8, 4) is 10.6 Å². The highest BCUT2D eigenvalue weighted by Crippen LogP contribution is 2.26. The fourth-order valence-corrected chi connectivity index (χ4v) is 5.45. The number of benzene rings is 1. The molecule has 3 aromatic rings. The largest absolute Gasteiger partial charge is 0.352 e. The molecule has 1 saturated carbocycles. The van der Waals surface area contributed by atoms with Gasteiger partial charge in [0.15, 0.2) is 0 Å². The predicted molar refractivity (Wildman–Crippen MR) is 111 cm³/mol. The molecule has 6 nitrogen and oxygen atoms in total. The van der Waals surface area contributed by atoms with E-state index in [4.69, 9.17) is 0 Å². The number of amides is 1. The maximum absolute atomic E-state index is 12.2. The first kappa shape index (κ1) is 19.3. The van der Waals surface area contributed by atoms with Crippen LogP contribution in [0.5, 0.6) is 0 Å². The molecule has 9 heteroatoms. The van der Waals surface area contributed by atoms with Gasteiger partial charge in [-0.15, -0.1) is 11.3 Å². The Labute approximate surface area is 171 Å². The van der Waals surface area contributed by atoms with Gasteiger partial charge in [0.25, 0.3) is 0 Å². The molecule has 0 atom stereocenters. The molecule has 0 unspecified atom stereocenters. The molecule has 1 aliphatic carbocycles. The predicted octanol–water partition coefficient (Wildman–Crippen LogP) is 3.17. The molecule has 1 fully saturated rings. The van der Waals surface area contributed by atoms with Crippen LogP contribution in [0.2, 0.25) is 0 Å². The van der Waals surface area contributed by atoms with E-state index in [1.807, 2.05) is 22.2 Å². The molecule has 146 valence electrons. The van der Waals surface area contributed by atoms with Crippen LogP contribution in [0, 0.1) is 0 Å². The highest BCUT2D eigenvalue weighted by atomic mass is 32.2. The third-order valence-electron chi connectivity index (χ3n) is 4.28. The normalized spacial score (nSPS) is 14.1. The molecule has 1 aliphatic rings. The highest BCUT2D eigenvalue weighted by molar-refractivity contribution is 7.89. The van der Waals surface area contributed by atoms with Gasteiger partial charge in [-0.2, -0.15) is 11.3 Å². The second-order valence-corrected chi connectivity index (χ2v) is 10.0. The smallest absolute Gasteiger partial charge is 0.240 e. The Kier molecular flexibility index (Phi) is 5.58. The van der Waals surface area contributed by atoms with E-state index >= 15 is 0 Å². The molecule has 2 N–H and O–H groups in total. The van der Waals surface area contributed by atoms with Gasteiger partial charge in [0.05, 0.1) is 17.0 Å². The zero-order chi connectivity index (χ0) is 19.6. The first-order chi connectivity index (χ1) is 13.5. The van der Waals surface area contributed by atoms with E-state index in [1.54, 1.807) is 35.6 Å². The summed E-state index contributed by atoms with van der Waals surface area (Å²) in [6, 6.07) is 8.67. The first-order valence-electron chi connectivity index (χ1n) is 8.84. The van der Waals surface area contributed by atoms with Crippen molar-refractivity contribution in [2.75, 3.05) is 0 Å². The Morgan fingerprint density at radius 3 is 2.61 bits per heavy atom. The molecule has 1 aromatic carbocycles. The van der Waals surface area contributed by atoms with Gasteiger partial charge in [-0.25, -0.2) is 18.1 Å². The van der Waals surface area contributed by atoms with E-state index < -0.39 is 10.0 Å². The number of aromatic nitrogens is 1. The second-order valence-electron chi connectivity index (χ2n) is 6.65. The van der Waals surface area contributed by atoms with Crippen LogP contribution >= 0.6 is 22.7 Å². The van der Waals surface area contributed by atoms with Gasteiger partial charge in [0.2, 0.25) is 15.9 Å². The van der Waals surface area contributed by atoms with Crippen LogP contribution in [0.1, 0.15) is 24.1 Å². The van der Waals surface area contributed by atoms with Gasteiger partial charge >= 0.3 is 0 Å². The Morgan fingerprint density at radius 1 is 1.14 bits per heavy atom. The highest BCUT2D eigenvalue weighted by Gasteiger charge is 2.27. The van der Waals surface area contributed by atoms with E-state index in [0.29, 0.717) is 6.54 Å². The molecular formula is C19H19N3O3S3. The molecule has 0 radical (unpaired) electrons. The molecule has 0 bridgehead atoms. The summed E-state index contributed by atoms with van der Waals surface area (Å²) in [7, 11) is -3.45. The number of nitrogens with zero attached hydrogens (tertiary/aromatic N) is 1. The average Bonchev–Trinajstić information content (AvgIpc) is 3.12. The lowest BCUT2D eigenvalue weighted by Crippen LogP contribution is -2.26. The third kappa shape index (κ3) is 4.85. The third-order valence-corrected chi connectivity index (χ3v) is 7.44. The molecule has 2 heterocycles. The number of nitrogens with one attached hydrogen (secondary N) is 2. The minimum absolute atomic E-state index is 0.0786. The van der Waals surface area contributed by atoms with Crippen LogP contribution in [-0.2, 0) is 27.8 Å². The zero-order valence-corrected chi connectivity index (χ0v) is 17.4. The fourth-order valence-electron chi connectivity index (χ4n) is 2.61. The van der Waals surface area contributed by atoms with E-state index in [-0.39, 0.29) is 23.3 Å². The summed E-state index contributed by atoms with van der Waals surface area (Å²) in [5.74, 6) is -0.116. The lowest BCUT2D eigenvalue weighted by molar-refractivity contribution is -0.120. The topological polar surface area (TPSA) is 88.2 Å². The standard InChI is InChI=1S/C19H19N3O3S3/c23-18(9-16-12-27-19(21-16)14-7-8-26-11-14)20-10-13-1-5-17(6-2-13)28(24,25)22-15-3-4-15/h1-2,5-8,11-12,15,22H,3-4,9-10H2,(H,20,23). The zero-order valence-electron chi connectivity index (χ0n) is 14.9. The van der Waals surface area contributed by atoms with Crippen LogP contribution in [0.4, 0.5) is 0 Å². The summed E-state index contributed by atoms with van der Waals surface area (Å²) in [6.07, 6.45) is 2.02. The Hall–Kier alpha value is -2.07. The van der Waals surface area contributed by atoms with Crippen molar-refractivity contribution in [2.24, 2.45) is 0 Å². The van der Waals surface area contributed by atoms with Gasteiger partial charge in [0.1, 0.15) is 5.01 Å². The minimum atomic E-state index is -3.45. The van der Waals surface area contributed by atoms with Crippen molar-refractivity contribution < 1.29 is 13.2 Å². The molecular weight excluding hydrogens is 414 g/mol. The van der Waals surface area contributed by atoms with Gasteiger partial charge in [0, 0.05) is 28.9 Å². The van der Waals surface area contributed by atoms with E-state index in [1.165, 1.54) is 11.3 Å². The van der Waals surface area contributed by atoms with E-state index in [0.717, 1.165) is 34.7 Å². The Morgan fingerprint density at radius 2 is 1.93 bits per heavy atom. The van der Waals surface area contributed by atoms with Crippen molar-refractivity contribution in [1.82, 2.24) is 15.0 Å². The number of carbonyl (C=O) groups is 1. The molecule has 0 aliphatic heterocycles. The van der Waals surface area contributed by atoms with Crippen LogP contribution in [-0.4, -0.2) is 25.4 Å². The number of rotatable bonds is 8. The van der Waals surface area contributed by atoms with Crippen LogP contribution in [0.3, 0.4) is 0 Å². The van der Waals surface area contributed by atoms with Crippen molar-refractivity contribution in [3.05, 3.63) is 57.7 Å². The molecule has 2 aromatic heterocycles. The summed E-state index contributed by atoms with van der Waals surface area (Å²) >= 11 is 3.15. The van der Waals surface area contributed by atoms with E-state index in [9.17, 15) is 13.2 Å². The monoisotopic (exact) mass is 433 g/mol. The molecule has 28 heavy (non-hydrogen) atoms. The molecule has 1 amide bonds. The maximum atomic E-state index is 12.2. The van der Waals surface area contributed by atoms with Gasteiger partial charge in [-0.3, -0.25) is 4.79 Å². The van der Waals surface area contributed by atoms with Crippen molar-refractivity contribution in [3.63, 3.8) is 0 Å². The quantitative estimate of drug-likeness (QED) is 0.571. The summed E-state index contributed by atoms with van der Waals surface area (Å²) in [5.41, 5.74) is 2.67. The molecule has 0 spiro atoms. The van der Waals surface area contributed by atoms with E-state index in [2.05, 4.69) is 15.0 Å². The Balaban J connectivity index is 1.30. The minimum Gasteiger partial charge on any atom is -0.352 e. The molecule has 4 rings (SSSR count). The van der Waals surface area contributed by atoms with Gasteiger partial charge in [-0.05, 0) is 42.0 Å². The number of thiazole rings is 1. The van der Waals surface area contributed by atoms with Crippen molar-refractivity contribution >= 4 is 38.6 Å². The van der Waals surface area contributed by atoms with Crippen molar-refractivity contribution in [1.29, 1.82) is 0 Å². The summed E-state index contributed by atoms with van der Waals surface area (Å²) in [5, 5.41) is 9.71. The lowest BCUT2D eigenvalue weighted by atomic mass is 10.2. The maximum Gasteiger partial charge on any atom is 0.240 e. The summed E-state index contributed by atoms with van der Waals surface area (Å²) in [6.45, 7) is 0.344. The summed E-state index contributed by atoms with van der Waals surface area (Å²) < 4.78 is 27.0. The van der Waals surface area contributed by atoms with Gasteiger partial charge < -0.3 is 5.32 Å². The lowest BCUT2D eigenvalue weighted by Gasteiger charge is -2.08. The average molecular weight is 434 g/mol. The second kappa shape index (κ2) is 8.12. The summed E-state index contributed by atoms with van der Waals surface area (Å²) in [4.78, 5) is 16.9. The number of thiophene rings is 1. The first-order valence-corrected chi connectivity index (χ1v) is 12.1. The fraction of sp³-hybridized carbons (Fsp3) is 0.263. The van der Waals surface area contributed by atoms with Crippen LogP contribution in [0.15, 0.2) is 51.4 Å². The Bertz CT molecular complexity index is 1050. The number of hydrogen-bond acceptors (Lipinski definition) is 6. The van der Waals surface area contributed by atoms with Gasteiger partial charge in [-0.1, -0.05) is 12.1 Å². The van der Waals surface area contributed by atoms with Crippen LogP contribution in [0.25, 0.3) is 10.6 Å². The number of sulfonamides is 1.